The van der Waals surface area contributed by atoms with Crippen molar-refractivity contribution in [3.05, 3.63) is 462 Å². The summed E-state index contributed by atoms with van der Waals surface area (Å²) in [7, 11) is 0. The average Bonchev–Trinajstić information content (AvgIpc) is 0.735. The highest BCUT2D eigenvalue weighted by atomic mass is 14.9. The van der Waals surface area contributed by atoms with E-state index in [-0.39, 0.29) is 0 Å². The summed E-state index contributed by atoms with van der Waals surface area (Å²) < 4.78 is 0. The molecule has 0 saturated heterocycles. The number of hydrogen-bond acceptors (Lipinski definition) is 6. The van der Waals surface area contributed by atoms with Crippen molar-refractivity contribution in [2.24, 2.45) is 0 Å². The van der Waals surface area contributed by atoms with Crippen LogP contribution in [0.3, 0.4) is 0 Å². The summed E-state index contributed by atoms with van der Waals surface area (Å²) in [6.45, 7) is 8.40. The number of anilines is 6. The van der Waals surface area contributed by atoms with E-state index in [9.17, 15) is 0 Å². The SMILES string of the molecule is CCCCCCCCCCCCCCc1ccc(C23c4ccc(cc4)NCc4cccc(c4)C#Cc4cccc(c4)CNc4ccc(cc4)C(c4ccc(CCCCCCCCCCCCCC)cc4)(c4ccc(cc4)NCc4cccc(c4)C#Cc4cccc(c4)CNc4ccc2cc4)c2ccc(cc2)NCc2cccc(c2)C#Cc2cccc(c2)CNc2ccc3cc2)cc1. The average molecular weight is 1730 g/mol. The lowest BCUT2D eigenvalue weighted by molar-refractivity contribution is 0.544. The number of benzene rings is 14. The molecule has 0 aromatic heterocycles. The highest BCUT2D eigenvalue weighted by Gasteiger charge is 2.40. The van der Waals surface area contributed by atoms with Crippen molar-refractivity contribution >= 4 is 34.1 Å². The molecular weight excluding hydrogens is 1600 g/mol. The molecule has 6 heteroatoms. The molecule has 26 bridgehead atoms. The minimum atomic E-state index is -0.725. The number of rotatable bonds is 28. The van der Waals surface area contributed by atoms with E-state index in [1.807, 2.05) is 0 Å². The summed E-state index contributed by atoms with van der Waals surface area (Å²) in [5.41, 5.74) is 29.7. The zero-order valence-electron chi connectivity index (χ0n) is 78.0. The van der Waals surface area contributed by atoms with Crippen LogP contribution >= 0.6 is 0 Å². The van der Waals surface area contributed by atoms with Gasteiger partial charge in [-0.3, -0.25) is 0 Å². The molecule has 0 saturated carbocycles. The summed E-state index contributed by atoms with van der Waals surface area (Å²) in [5.74, 6) is 21.3. The first-order valence-corrected chi connectivity index (χ1v) is 49.6. The second-order valence-corrected chi connectivity index (χ2v) is 36.7. The normalized spacial score (nSPS) is 14.7. The molecule has 21 aliphatic heterocycles. The predicted octanol–water partition coefficient (Wildman–Crippen LogP) is 31.4. The minimum absolute atomic E-state index is 0.632. The fraction of sp³-hybridized carbons (Fsp3) is 0.286. The summed E-state index contributed by atoms with van der Waals surface area (Å²) in [4.78, 5) is 0. The van der Waals surface area contributed by atoms with E-state index in [2.05, 4.69) is 421 Å². The first kappa shape index (κ1) is 91.9. The maximum atomic E-state index is 3.83. The van der Waals surface area contributed by atoms with Crippen molar-refractivity contribution in [2.75, 3.05) is 31.9 Å². The summed E-state index contributed by atoms with van der Waals surface area (Å²) in [6, 6.07) is 126. The van der Waals surface area contributed by atoms with Gasteiger partial charge in [-0.25, -0.2) is 0 Å². The van der Waals surface area contributed by atoms with E-state index in [4.69, 9.17) is 0 Å². The maximum Gasteiger partial charge on any atom is 0.0701 e. The molecule has 0 radical (unpaired) electrons. The van der Waals surface area contributed by atoms with Gasteiger partial charge in [0, 0.05) is 107 Å². The Morgan fingerprint density at radius 2 is 0.341 bits per heavy atom. The molecular formula is C126H132N6. The molecule has 21 heterocycles. The zero-order chi connectivity index (χ0) is 89.9. The van der Waals surface area contributed by atoms with Gasteiger partial charge in [0.2, 0.25) is 0 Å². The molecule has 0 atom stereocenters. The van der Waals surface area contributed by atoms with Crippen molar-refractivity contribution in [1.29, 1.82) is 0 Å². The van der Waals surface area contributed by atoms with Crippen LogP contribution in [-0.2, 0) is 62.9 Å². The Morgan fingerprint density at radius 1 is 0.182 bits per heavy atom. The van der Waals surface area contributed by atoms with E-state index in [0.717, 1.165) is 114 Å². The Hall–Kier alpha value is -13.4. The van der Waals surface area contributed by atoms with Crippen LogP contribution in [0, 0.1) is 35.5 Å². The summed E-state index contributed by atoms with van der Waals surface area (Å²) in [5, 5.41) is 23.0. The number of aryl methyl sites for hydroxylation is 2. The maximum absolute atomic E-state index is 3.83. The topological polar surface area (TPSA) is 72.2 Å². The van der Waals surface area contributed by atoms with Crippen molar-refractivity contribution in [1.82, 2.24) is 0 Å². The molecule has 0 unspecified atom stereocenters. The molecule has 35 rings (SSSR count). The van der Waals surface area contributed by atoms with E-state index in [1.54, 1.807) is 0 Å². The van der Waals surface area contributed by atoms with Crippen molar-refractivity contribution in [2.45, 2.75) is 231 Å². The first-order valence-electron chi connectivity index (χ1n) is 49.6. The molecule has 14 aromatic carbocycles. The largest absolute Gasteiger partial charge is 0.381 e. The van der Waals surface area contributed by atoms with Crippen LogP contribution in [0.5, 0.6) is 0 Å². The molecule has 6 N–H and O–H groups in total. The zero-order valence-corrected chi connectivity index (χ0v) is 78.0. The minimum Gasteiger partial charge on any atom is -0.381 e. The van der Waals surface area contributed by atoms with Gasteiger partial charge >= 0.3 is 0 Å². The fourth-order valence-corrected chi connectivity index (χ4v) is 19.4. The van der Waals surface area contributed by atoms with Crippen LogP contribution in [0.15, 0.2) is 340 Å². The Labute approximate surface area is 789 Å². The van der Waals surface area contributed by atoms with E-state index >= 15 is 0 Å². The summed E-state index contributed by atoms with van der Waals surface area (Å²) >= 11 is 0. The molecule has 6 nitrogen and oxygen atoms in total. The third kappa shape index (κ3) is 25.4. The van der Waals surface area contributed by atoms with Crippen LogP contribution in [0.1, 0.15) is 290 Å². The second-order valence-electron chi connectivity index (χ2n) is 36.7. The second kappa shape index (κ2) is 47.9. The fourth-order valence-electron chi connectivity index (χ4n) is 19.4. The third-order valence-electron chi connectivity index (χ3n) is 26.9. The van der Waals surface area contributed by atoms with Crippen molar-refractivity contribution in [3.63, 3.8) is 0 Å². The van der Waals surface area contributed by atoms with Crippen LogP contribution in [0.2, 0.25) is 0 Å². The molecule has 0 fully saturated rings. The lowest BCUT2D eigenvalue weighted by Gasteiger charge is -2.37. The highest BCUT2D eigenvalue weighted by molar-refractivity contribution is 5.68. The van der Waals surface area contributed by atoms with Crippen molar-refractivity contribution in [3.8, 4) is 35.5 Å². The smallest absolute Gasteiger partial charge is 0.0701 e. The van der Waals surface area contributed by atoms with Gasteiger partial charge in [0.15, 0.2) is 0 Å². The lowest BCUT2D eigenvalue weighted by atomic mass is 9.65. The number of unbranched alkanes of at least 4 members (excludes halogenated alkanes) is 22. The molecule has 132 heavy (non-hydrogen) atoms. The molecule has 21 aliphatic rings. The lowest BCUT2D eigenvalue weighted by Crippen LogP contribution is -2.31. The number of hydrogen-bond donors (Lipinski definition) is 6. The molecule has 0 spiro atoms. The predicted molar refractivity (Wildman–Crippen MR) is 560 cm³/mol. The van der Waals surface area contributed by atoms with Crippen LogP contribution in [0.25, 0.3) is 0 Å². The third-order valence-corrected chi connectivity index (χ3v) is 26.9. The van der Waals surface area contributed by atoms with E-state index < -0.39 is 10.8 Å². The van der Waals surface area contributed by atoms with Gasteiger partial charge in [0.05, 0.1) is 10.8 Å². The molecule has 666 valence electrons. The Bertz CT molecular complexity index is 5300. The van der Waals surface area contributed by atoms with Gasteiger partial charge in [-0.15, -0.1) is 0 Å². The molecule has 14 aromatic rings. The summed E-state index contributed by atoms with van der Waals surface area (Å²) in [6.07, 6.45) is 34.3. The van der Waals surface area contributed by atoms with Crippen molar-refractivity contribution < 1.29 is 0 Å². The Balaban J connectivity index is 0.756. The first-order chi connectivity index (χ1) is 65.3. The Kier molecular flexibility index (Phi) is 33.3. The molecule has 0 aliphatic carbocycles. The standard InChI is InChI=1S/C126H132N6/c1-3-5-7-9-11-13-15-17-19-21-23-25-33-97-53-57-111(58-54-97)125-113-61-73-119(74-62-113)127-91-105-41-27-35-99(85-105)47-50-102-38-30-44-108(88-102)94-130-122-79-67-116(68-80-122)126(112-59-55-98(56-60-112)34-26-24-22-20-18-16-14-12-10-8-6-4-2,117-69-81-123(82-70-117)131-95-109-45-31-39-103(89-109)51-48-100-36-28-42-106(86-100)92-128-120-75-63-114(125)64-76-120)118-71-83-124(84-72-118)132-96-110-46-32-40-104(90-110)52-49-101-37-29-43-107(87-101)93-129-121-77-65-115(125)66-78-121/h27-32,35-46,53-90,127-132H,3-26,33-34,91-96H2,1-2H3. The molecule has 0 amide bonds. The van der Waals surface area contributed by atoms with Gasteiger partial charge in [0.1, 0.15) is 0 Å². The monoisotopic (exact) mass is 1730 g/mol. The number of nitrogens with one attached hydrogen (secondary N) is 6. The quantitative estimate of drug-likeness (QED) is 0.0217. The van der Waals surface area contributed by atoms with E-state index in [0.29, 0.717) is 39.3 Å². The van der Waals surface area contributed by atoms with Crippen LogP contribution < -0.4 is 31.9 Å². The van der Waals surface area contributed by atoms with Crippen LogP contribution in [-0.4, -0.2) is 0 Å². The highest BCUT2D eigenvalue weighted by Crippen LogP contribution is 2.49. The van der Waals surface area contributed by atoms with Gasteiger partial charge < -0.3 is 31.9 Å². The van der Waals surface area contributed by atoms with Gasteiger partial charge in [-0.1, -0.05) is 385 Å². The Morgan fingerprint density at radius 3 is 0.515 bits per heavy atom. The van der Waals surface area contributed by atoms with Crippen LogP contribution in [0.4, 0.5) is 34.1 Å². The van der Waals surface area contributed by atoms with Gasteiger partial charge in [0.25, 0.3) is 0 Å². The van der Waals surface area contributed by atoms with Gasteiger partial charge in [-0.05, 0) is 260 Å². The van der Waals surface area contributed by atoms with Gasteiger partial charge in [-0.2, -0.15) is 0 Å². The van der Waals surface area contributed by atoms with E-state index in [1.165, 1.54) is 210 Å².